The number of hydrogen-bond donors (Lipinski definition) is 1. The molecule has 0 amide bonds. The van der Waals surface area contributed by atoms with Gasteiger partial charge < -0.3 is 5.11 Å². The highest BCUT2D eigenvalue weighted by Crippen LogP contribution is 1.99. The molecule has 0 spiro atoms. The summed E-state index contributed by atoms with van der Waals surface area (Å²) in [5.41, 5.74) is 0. The van der Waals surface area contributed by atoms with Crippen LogP contribution in [0, 0.1) is 0 Å². The molecule has 0 aromatic heterocycles. The van der Waals surface area contributed by atoms with Gasteiger partial charge in [0.25, 0.3) is 0 Å². The van der Waals surface area contributed by atoms with Crippen LogP contribution in [0.4, 0.5) is 4.39 Å². The molecule has 2 heteroatoms. The first-order valence-corrected chi connectivity index (χ1v) is 2.50. The third-order valence-corrected chi connectivity index (χ3v) is 0.948. The molecule has 0 saturated carbocycles. The summed E-state index contributed by atoms with van der Waals surface area (Å²) in [7, 11) is 0. The summed E-state index contributed by atoms with van der Waals surface area (Å²) in [5.74, 6) is 0. The van der Waals surface area contributed by atoms with E-state index in [-0.39, 0.29) is 0 Å². The molecule has 0 bridgehead atoms. The van der Waals surface area contributed by atoms with Crippen LogP contribution in [-0.4, -0.2) is 17.4 Å². The lowest BCUT2D eigenvalue weighted by atomic mass is 10.2. The van der Waals surface area contributed by atoms with Crippen molar-refractivity contribution in [2.45, 2.75) is 32.5 Å². The fraction of sp³-hybridized carbons (Fsp3) is 1.00. The molecule has 0 saturated heterocycles. The molecule has 0 aromatic carbocycles. The van der Waals surface area contributed by atoms with Crippen LogP contribution in [0.15, 0.2) is 0 Å². The van der Waals surface area contributed by atoms with Gasteiger partial charge in [0.05, 0.1) is 6.10 Å². The number of aliphatic hydroxyl groups is 1. The summed E-state index contributed by atoms with van der Waals surface area (Å²) in [5, 5.41) is 8.56. The third-order valence-electron chi connectivity index (χ3n) is 0.948. The Morgan fingerprint density at radius 1 is 1.71 bits per heavy atom. The van der Waals surface area contributed by atoms with Gasteiger partial charge in [-0.15, -0.1) is 0 Å². The van der Waals surface area contributed by atoms with E-state index >= 15 is 0 Å². The molecular weight excluding hydrogens is 95.1 g/mol. The summed E-state index contributed by atoms with van der Waals surface area (Å²) in [6, 6.07) is 0. The van der Waals surface area contributed by atoms with Gasteiger partial charge in [0.1, 0.15) is 6.17 Å². The predicted octanol–water partition coefficient (Wildman–Crippen LogP) is 1.12. The van der Waals surface area contributed by atoms with Crippen LogP contribution in [0.2, 0.25) is 0 Å². The Kier molecular flexibility index (Phi) is 2.92. The van der Waals surface area contributed by atoms with Crippen molar-refractivity contribution in [1.29, 1.82) is 0 Å². The maximum atomic E-state index is 11.8. The molecule has 0 heterocycles. The SMILES string of the molecule is CCC(O)C(C)F. The topological polar surface area (TPSA) is 20.2 Å². The molecule has 2 unspecified atom stereocenters. The van der Waals surface area contributed by atoms with Crippen molar-refractivity contribution < 1.29 is 9.50 Å². The first kappa shape index (κ1) is 6.89. The lowest BCUT2D eigenvalue weighted by molar-refractivity contribution is 0.0849. The van der Waals surface area contributed by atoms with E-state index < -0.39 is 12.3 Å². The van der Waals surface area contributed by atoms with Gasteiger partial charge in [-0.05, 0) is 13.3 Å². The summed E-state index contributed by atoms with van der Waals surface area (Å²) in [6.45, 7) is 3.11. The molecule has 0 rings (SSSR count). The van der Waals surface area contributed by atoms with Gasteiger partial charge in [-0.3, -0.25) is 0 Å². The standard InChI is InChI=1S/C5H11FO/c1-3-5(7)4(2)6/h4-5,7H,3H2,1-2H3. The van der Waals surface area contributed by atoms with E-state index in [1.165, 1.54) is 6.92 Å². The second kappa shape index (κ2) is 2.97. The van der Waals surface area contributed by atoms with Gasteiger partial charge in [-0.1, -0.05) is 6.92 Å². The van der Waals surface area contributed by atoms with Crippen LogP contribution in [0.25, 0.3) is 0 Å². The lowest BCUT2D eigenvalue weighted by Crippen LogP contribution is -2.16. The van der Waals surface area contributed by atoms with E-state index in [1.54, 1.807) is 6.92 Å². The second-order valence-corrected chi connectivity index (χ2v) is 1.65. The molecule has 1 nitrogen and oxygen atoms in total. The molecule has 0 aliphatic rings. The zero-order valence-electron chi connectivity index (χ0n) is 4.69. The first-order valence-electron chi connectivity index (χ1n) is 2.50. The zero-order valence-corrected chi connectivity index (χ0v) is 4.69. The van der Waals surface area contributed by atoms with Crippen LogP contribution in [0.1, 0.15) is 20.3 Å². The lowest BCUT2D eigenvalue weighted by Gasteiger charge is -2.05. The van der Waals surface area contributed by atoms with Gasteiger partial charge in [0, 0.05) is 0 Å². The van der Waals surface area contributed by atoms with E-state index in [2.05, 4.69) is 0 Å². The van der Waals surface area contributed by atoms with E-state index in [0.717, 1.165) is 0 Å². The van der Waals surface area contributed by atoms with Crippen LogP contribution < -0.4 is 0 Å². The van der Waals surface area contributed by atoms with Gasteiger partial charge in [0.2, 0.25) is 0 Å². The van der Waals surface area contributed by atoms with Crippen molar-refractivity contribution >= 4 is 0 Å². The molecule has 0 aromatic rings. The molecule has 2 atom stereocenters. The molecule has 1 N–H and O–H groups in total. The Balaban J connectivity index is 3.14. The van der Waals surface area contributed by atoms with Crippen molar-refractivity contribution in [3.63, 3.8) is 0 Å². The number of halogens is 1. The molecule has 0 radical (unpaired) electrons. The molecule has 0 aliphatic carbocycles. The zero-order chi connectivity index (χ0) is 5.86. The van der Waals surface area contributed by atoms with Crippen molar-refractivity contribution in [3.8, 4) is 0 Å². The Bertz CT molecular complexity index is 45.3. The fourth-order valence-electron chi connectivity index (χ4n) is 0.325. The van der Waals surface area contributed by atoms with Crippen molar-refractivity contribution in [3.05, 3.63) is 0 Å². The molecule has 0 aliphatic heterocycles. The normalized spacial score (nSPS) is 18.9. The summed E-state index contributed by atoms with van der Waals surface area (Å²) < 4.78 is 11.8. The monoisotopic (exact) mass is 106 g/mol. The Morgan fingerprint density at radius 3 is 2.14 bits per heavy atom. The van der Waals surface area contributed by atoms with Gasteiger partial charge in [0.15, 0.2) is 0 Å². The average Bonchev–Trinajstić information content (AvgIpc) is 1.65. The summed E-state index contributed by atoms with van der Waals surface area (Å²) in [6.07, 6.45) is -1.34. The molecule has 0 fully saturated rings. The summed E-state index contributed by atoms with van der Waals surface area (Å²) in [4.78, 5) is 0. The highest BCUT2D eigenvalue weighted by Gasteiger charge is 2.07. The maximum Gasteiger partial charge on any atom is 0.123 e. The predicted molar refractivity (Wildman–Crippen MR) is 26.9 cm³/mol. The van der Waals surface area contributed by atoms with Crippen LogP contribution in [-0.2, 0) is 0 Å². The van der Waals surface area contributed by atoms with Gasteiger partial charge in [-0.2, -0.15) is 0 Å². The van der Waals surface area contributed by atoms with Crippen LogP contribution in [0.5, 0.6) is 0 Å². The minimum atomic E-state index is -1.08. The van der Waals surface area contributed by atoms with E-state index in [1.807, 2.05) is 0 Å². The van der Waals surface area contributed by atoms with E-state index in [9.17, 15) is 4.39 Å². The largest absolute Gasteiger partial charge is 0.390 e. The maximum absolute atomic E-state index is 11.8. The Labute approximate surface area is 43.2 Å². The van der Waals surface area contributed by atoms with E-state index in [4.69, 9.17) is 5.11 Å². The number of aliphatic hydroxyl groups excluding tert-OH is 1. The minimum Gasteiger partial charge on any atom is -0.390 e. The van der Waals surface area contributed by atoms with Crippen molar-refractivity contribution in [1.82, 2.24) is 0 Å². The van der Waals surface area contributed by atoms with Crippen LogP contribution in [0.3, 0.4) is 0 Å². The number of alkyl halides is 1. The average molecular weight is 106 g/mol. The highest BCUT2D eigenvalue weighted by molar-refractivity contribution is 4.57. The molecular formula is C5H11FO. The molecule has 7 heavy (non-hydrogen) atoms. The number of rotatable bonds is 2. The number of hydrogen-bond acceptors (Lipinski definition) is 1. The summed E-state index contributed by atoms with van der Waals surface area (Å²) >= 11 is 0. The Morgan fingerprint density at radius 2 is 2.14 bits per heavy atom. The van der Waals surface area contributed by atoms with Crippen LogP contribution >= 0.6 is 0 Å². The first-order chi connectivity index (χ1) is 3.18. The quantitative estimate of drug-likeness (QED) is 0.559. The minimum absolute atomic E-state index is 0.498. The third kappa shape index (κ3) is 2.57. The molecule has 44 valence electrons. The van der Waals surface area contributed by atoms with Gasteiger partial charge in [-0.25, -0.2) is 4.39 Å². The smallest absolute Gasteiger partial charge is 0.123 e. The van der Waals surface area contributed by atoms with Gasteiger partial charge >= 0.3 is 0 Å². The Hall–Kier alpha value is -0.110. The highest BCUT2D eigenvalue weighted by atomic mass is 19.1. The fourth-order valence-corrected chi connectivity index (χ4v) is 0.325. The second-order valence-electron chi connectivity index (χ2n) is 1.65. The van der Waals surface area contributed by atoms with E-state index in [0.29, 0.717) is 6.42 Å². The van der Waals surface area contributed by atoms with Crippen molar-refractivity contribution in [2.24, 2.45) is 0 Å². The van der Waals surface area contributed by atoms with Crippen molar-refractivity contribution in [2.75, 3.05) is 0 Å².